The van der Waals surface area contributed by atoms with Gasteiger partial charge in [-0.3, -0.25) is 4.79 Å². The maximum atomic E-state index is 12.8. The number of rotatable bonds is 4. The number of carbonyl (C=O) groups excluding carboxylic acids is 1. The number of piperidine rings is 1. The average Bonchev–Trinajstić information content (AvgIpc) is 3.28. The number of fused-ring (bicyclic) bond motifs is 1. The fourth-order valence-electron chi connectivity index (χ4n) is 3.86. The van der Waals surface area contributed by atoms with Gasteiger partial charge in [0.25, 0.3) is 0 Å². The molecule has 1 atom stereocenters. The maximum Gasteiger partial charge on any atom is 0.231 e. The maximum absolute atomic E-state index is 12.8. The van der Waals surface area contributed by atoms with Gasteiger partial charge in [0, 0.05) is 42.8 Å². The Morgan fingerprint density at radius 3 is 2.63 bits per heavy atom. The van der Waals surface area contributed by atoms with E-state index in [1.165, 1.54) is 0 Å². The second kappa shape index (κ2) is 8.02. The highest BCUT2D eigenvalue weighted by molar-refractivity contribution is 5.93. The van der Waals surface area contributed by atoms with Crippen LogP contribution in [-0.2, 0) is 4.79 Å². The number of nitrogens with zero attached hydrogens (tertiary/aromatic N) is 3. The van der Waals surface area contributed by atoms with Gasteiger partial charge in [0.1, 0.15) is 0 Å². The van der Waals surface area contributed by atoms with E-state index in [0.717, 1.165) is 30.5 Å². The molecule has 7 nitrogen and oxygen atoms in total. The van der Waals surface area contributed by atoms with Crippen LogP contribution in [0.2, 0.25) is 0 Å². The Morgan fingerprint density at radius 2 is 1.80 bits per heavy atom. The largest absolute Gasteiger partial charge is 0.454 e. The summed E-state index contributed by atoms with van der Waals surface area (Å²) >= 11 is 0. The smallest absolute Gasteiger partial charge is 0.231 e. The second-order valence-corrected chi connectivity index (χ2v) is 7.48. The summed E-state index contributed by atoms with van der Waals surface area (Å²) in [5.74, 6) is 1.90. The van der Waals surface area contributed by atoms with Crippen molar-refractivity contribution in [2.24, 2.45) is 5.92 Å². The van der Waals surface area contributed by atoms with Crippen molar-refractivity contribution >= 4 is 17.5 Å². The van der Waals surface area contributed by atoms with Crippen LogP contribution in [0.1, 0.15) is 12.8 Å². The van der Waals surface area contributed by atoms with Crippen LogP contribution < -0.4 is 19.7 Å². The normalized spacial score (nSPS) is 17.6. The number of amides is 1. The second-order valence-electron chi connectivity index (χ2n) is 7.48. The number of anilines is 2. The van der Waals surface area contributed by atoms with Gasteiger partial charge in [-0.15, -0.1) is 0 Å². The van der Waals surface area contributed by atoms with E-state index in [1.54, 1.807) is 6.07 Å². The number of hydrogen-bond donors (Lipinski definition) is 1. The molecule has 1 unspecified atom stereocenters. The molecule has 3 heterocycles. The van der Waals surface area contributed by atoms with Gasteiger partial charge in [-0.1, -0.05) is 30.3 Å². The summed E-state index contributed by atoms with van der Waals surface area (Å²) in [6, 6.07) is 15.5. The molecule has 5 rings (SSSR count). The molecule has 30 heavy (non-hydrogen) atoms. The Balaban J connectivity index is 1.25. The van der Waals surface area contributed by atoms with Crippen molar-refractivity contribution in [2.45, 2.75) is 12.8 Å². The van der Waals surface area contributed by atoms with Crippen molar-refractivity contribution < 1.29 is 14.3 Å². The molecule has 7 heteroatoms. The molecule has 0 saturated carbocycles. The quantitative estimate of drug-likeness (QED) is 0.717. The summed E-state index contributed by atoms with van der Waals surface area (Å²) in [6.07, 6.45) is 5.44. The van der Waals surface area contributed by atoms with E-state index in [2.05, 4.69) is 20.2 Å². The van der Waals surface area contributed by atoms with Crippen LogP contribution in [0.3, 0.4) is 0 Å². The number of aromatic nitrogens is 2. The zero-order valence-corrected chi connectivity index (χ0v) is 16.5. The van der Waals surface area contributed by atoms with Gasteiger partial charge in [-0.25, -0.2) is 9.97 Å². The van der Waals surface area contributed by atoms with Crippen LogP contribution in [0.4, 0.5) is 11.6 Å². The molecule has 1 fully saturated rings. The molecule has 1 amide bonds. The summed E-state index contributed by atoms with van der Waals surface area (Å²) in [5.41, 5.74) is 2.78. The minimum atomic E-state index is -0.124. The lowest BCUT2D eigenvalue weighted by atomic mass is 9.97. The molecule has 2 aromatic carbocycles. The molecule has 1 aromatic heterocycles. The van der Waals surface area contributed by atoms with Crippen LogP contribution in [0.15, 0.2) is 60.9 Å². The highest BCUT2D eigenvalue weighted by Crippen LogP contribution is 2.34. The van der Waals surface area contributed by atoms with E-state index in [0.29, 0.717) is 29.7 Å². The number of nitrogens with one attached hydrogen (secondary N) is 1. The van der Waals surface area contributed by atoms with Gasteiger partial charge in [0.2, 0.25) is 18.6 Å². The Kier molecular flexibility index (Phi) is 4.93. The number of benzene rings is 2. The first kappa shape index (κ1) is 18.4. The Hall–Kier alpha value is -3.61. The molecular weight excluding hydrogens is 380 g/mol. The zero-order chi connectivity index (χ0) is 20.3. The molecule has 1 N–H and O–H groups in total. The average molecular weight is 402 g/mol. The Morgan fingerprint density at radius 1 is 1.00 bits per heavy atom. The first-order valence-electron chi connectivity index (χ1n) is 10.1. The van der Waals surface area contributed by atoms with Crippen molar-refractivity contribution in [1.82, 2.24) is 9.97 Å². The molecule has 152 valence electrons. The van der Waals surface area contributed by atoms with E-state index in [-0.39, 0.29) is 18.6 Å². The minimum Gasteiger partial charge on any atom is -0.454 e. The summed E-state index contributed by atoms with van der Waals surface area (Å²) < 4.78 is 10.7. The van der Waals surface area contributed by atoms with Crippen LogP contribution in [-0.4, -0.2) is 35.8 Å². The fourth-order valence-corrected chi connectivity index (χ4v) is 3.86. The fraction of sp³-hybridized carbons (Fsp3) is 0.261. The summed E-state index contributed by atoms with van der Waals surface area (Å²) in [5, 5.41) is 3.00. The first-order valence-corrected chi connectivity index (χ1v) is 10.1. The summed E-state index contributed by atoms with van der Waals surface area (Å²) in [6.45, 7) is 1.66. The molecule has 3 aromatic rings. The van der Waals surface area contributed by atoms with Crippen LogP contribution in [0.5, 0.6) is 11.5 Å². The molecule has 2 aliphatic heterocycles. The SMILES string of the molecule is O=C(Nc1ccc2c(c1)OCO2)C1CCCN(c2ncc(-c3ccccc3)cn2)C1. The van der Waals surface area contributed by atoms with Crippen molar-refractivity contribution in [1.29, 1.82) is 0 Å². The van der Waals surface area contributed by atoms with E-state index in [9.17, 15) is 4.79 Å². The predicted molar refractivity (Wildman–Crippen MR) is 114 cm³/mol. The highest BCUT2D eigenvalue weighted by Gasteiger charge is 2.27. The molecule has 0 radical (unpaired) electrons. The van der Waals surface area contributed by atoms with Crippen molar-refractivity contribution in [3.8, 4) is 22.6 Å². The molecule has 0 aliphatic carbocycles. The number of ether oxygens (including phenoxy) is 2. The van der Waals surface area contributed by atoms with Gasteiger partial charge < -0.3 is 19.7 Å². The summed E-state index contributed by atoms with van der Waals surface area (Å²) in [7, 11) is 0. The monoisotopic (exact) mass is 402 g/mol. The Bertz CT molecular complexity index is 1040. The van der Waals surface area contributed by atoms with Crippen molar-refractivity contribution in [3.05, 3.63) is 60.9 Å². The molecule has 2 aliphatic rings. The Labute approximate surface area is 174 Å². The third kappa shape index (κ3) is 3.78. The van der Waals surface area contributed by atoms with Gasteiger partial charge in [0.15, 0.2) is 11.5 Å². The topological polar surface area (TPSA) is 76.6 Å². The lowest BCUT2D eigenvalue weighted by Gasteiger charge is -2.32. The van der Waals surface area contributed by atoms with Gasteiger partial charge >= 0.3 is 0 Å². The lowest BCUT2D eigenvalue weighted by molar-refractivity contribution is -0.120. The number of hydrogen-bond acceptors (Lipinski definition) is 6. The standard InChI is InChI=1S/C23H22N4O3/c28-22(26-19-8-9-20-21(11-19)30-15-29-20)17-7-4-10-27(14-17)23-24-12-18(13-25-23)16-5-2-1-3-6-16/h1-3,5-6,8-9,11-13,17H,4,7,10,14-15H2,(H,26,28). The third-order valence-electron chi connectivity index (χ3n) is 5.46. The predicted octanol–water partition coefficient (Wildman–Crippen LogP) is 3.73. The zero-order valence-electron chi connectivity index (χ0n) is 16.5. The first-order chi connectivity index (χ1) is 14.8. The molecule has 0 spiro atoms. The van der Waals surface area contributed by atoms with E-state index < -0.39 is 0 Å². The lowest BCUT2D eigenvalue weighted by Crippen LogP contribution is -2.41. The van der Waals surface area contributed by atoms with E-state index in [4.69, 9.17) is 9.47 Å². The van der Waals surface area contributed by atoms with Crippen LogP contribution in [0.25, 0.3) is 11.1 Å². The van der Waals surface area contributed by atoms with Gasteiger partial charge in [0.05, 0.1) is 5.92 Å². The van der Waals surface area contributed by atoms with E-state index in [1.807, 2.05) is 54.9 Å². The van der Waals surface area contributed by atoms with Crippen LogP contribution >= 0.6 is 0 Å². The summed E-state index contributed by atoms with van der Waals surface area (Å²) in [4.78, 5) is 24.0. The third-order valence-corrected chi connectivity index (χ3v) is 5.46. The number of carbonyl (C=O) groups is 1. The molecule has 1 saturated heterocycles. The van der Waals surface area contributed by atoms with E-state index >= 15 is 0 Å². The van der Waals surface area contributed by atoms with Crippen LogP contribution in [0, 0.1) is 5.92 Å². The molecular formula is C23H22N4O3. The minimum absolute atomic E-state index is 0.000490. The van der Waals surface area contributed by atoms with Gasteiger partial charge in [-0.2, -0.15) is 0 Å². The molecule has 0 bridgehead atoms. The van der Waals surface area contributed by atoms with Crippen molar-refractivity contribution in [2.75, 3.05) is 30.1 Å². The van der Waals surface area contributed by atoms with Crippen molar-refractivity contribution in [3.63, 3.8) is 0 Å². The van der Waals surface area contributed by atoms with Gasteiger partial charge in [-0.05, 0) is 30.5 Å². The highest BCUT2D eigenvalue weighted by atomic mass is 16.7.